The molecule has 1 aromatic heterocycles. The number of nitrogens with one attached hydrogen (secondary N) is 1. The molecule has 2 fully saturated rings. The summed E-state index contributed by atoms with van der Waals surface area (Å²) in [5.74, 6) is 0.281. The maximum Gasteiger partial charge on any atom is 0.224 e. The predicted molar refractivity (Wildman–Crippen MR) is 105 cm³/mol. The average molecular weight is 385 g/mol. The van der Waals surface area contributed by atoms with Crippen molar-refractivity contribution in [3.8, 4) is 0 Å². The highest BCUT2D eigenvalue weighted by molar-refractivity contribution is 5.85. The molecule has 2 aliphatic heterocycles. The number of piperidine rings is 1. The first kappa shape index (κ1) is 20.0. The molecule has 2 saturated heterocycles. The number of amides is 1. The highest BCUT2D eigenvalue weighted by atomic mass is 35.5. The van der Waals surface area contributed by atoms with Crippen LogP contribution < -0.4 is 5.32 Å². The van der Waals surface area contributed by atoms with Crippen LogP contribution >= 0.6 is 24.8 Å². The van der Waals surface area contributed by atoms with Gasteiger partial charge in [0.1, 0.15) is 0 Å². The van der Waals surface area contributed by atoms with Gasteiger partial charge in [-0.3, -0.25) is 4.79 Å². The van der Waals surface area contributed by atoms with Crippen LogP contribution in [0.1, 0.15) is 25.7 Å². The van der Waals surface area contributed by atoms with Gasteiger partial charge in [-0.2, -0.15) is 0 Å². The lowest BCUT2D eigenvalue weighted by Crippen LogP contribution is -2.44. The van der Waals surface area contributed by atoms with E-state index in [0.29, 0.717) is 18.4 Å². The van der Waals surface area contributed by atoms with Crippen LogP contribution in [-0.4, -0.2) is 46.5 Å². The molecule has 1 amide bonds. The van der Waals surface area contributed by atoms with Crippen LogP contribution in [0.3, 0.4) is 0 Å². The van der Waals surface area contributed by atoms with Gasteiger partial charge < -0.3 is 14.8 Å². The largest absolute Gasteiger partial charge is 0.343 e. The van der Waals surface area contributed by atoms with Crippen LogP contribution in [0.2, 0.25) is 0 Å². The summed E-state index contributed by atoms with van der Waals surface area (Å²) in [4.78, 5) is 19.0. The van der Waals surface area contributed by atoms with Gasteiger partial charge in [0.25, 0.3) is 0 Å². The van der Waals surface area contributed by atoms with Crippen LogP contribution in [-0.2, 0) is 11.3 Å². The van der Waals surface area contributed by atoms with E-state index in [0.717, 1.165) is 50.1 Å². The molecule has 138 valence electrons. The summed E-state index contributed by atoms with van der Waals surface area (Å²) in [5, 5.41) is 3.47. The topological polar surface area (TPSA) is 50.2 Å². The fourth-order valence-corrected chi connectivity index (χ4v) is 4.02. The third-order valence-electron chi connectivity index (χ3n) is 5.60. The minimum Gasteiger partial charge on any atom is -0.343 e. The van der Waals surface area contributed by atoms with Gasteiger partial charge in [0.15, 0.2) is 0 Å². The Kier molecular flexibility index (Phi) is 6.72. The second-order valence-corrected chi connectivity index (χ2v) is 6.98. The number of benzene rings is 1. The maximum atomic E-state index is 12.5. The van der Waals surface area contributed by atoms with E-state index >= 15 is 0 Å². The van der Waals surface area contributed by atoms with Crippen molar-refractivity contribution in [2.24, 2.45) is 5.41 Å². The Balaban J connectivity index is 0.00000113. The van der Waals surface area contributed by atoms with Crippen molar-refractivity contribution in [3.05, 3.63) is 30.6 Å². The minimum atomic E-state index is 0. The number of hydrogen-bond acceptors (Lipinski definition) is 3. The lowest BCUT2D eigenvalue weighted by atomic mass is 9.78. The molecule has 1 N–H and O–H groups in total. The van der Waals surface area contributed by atoms with E-state index in [4.69, 9.17) is 0 Å². The number of hydrogen-bond donors (Lipinski definition) is 1. The van der Waals surface area contributed by atoms with Crippen molar-refractivity contribution >= 4 is 41.8 Å². The molecule has 1 spiro atoms. The van der Waals surface area contributed by atoms with Crippen LogP contribution in [0.25, 0.3) is 11.0 Å². The van der Waals surface area contributed by atoms with E-state index in [-0.39, 0.29) is 30.7 Å². The molecule has 4 rings (SSSR count). The molecule has 7 heteroatoms. The Morgan fingerprint density at radius 1 is 1.16 bits per heavy atom. The fraction of sp³-hybridized carbons (Fsp3) is 0.556. The summed E-state index contributed by atoms with van der Waals surface area (Å²) in [7, 11) is 0. The lowest BCUT2D eigenvalue weighted by Gasteiger charge is -2.39. The number of likely N-dealkylation sites (tertiary alicyclic amines) is 1. The third kappa shape index (κ3) is 4.10. The highest BCUT2D eigenvalue weighted by Gasteiger charge is 2.37. The molecule has 3 heterocycles. The molecule has 5 nitrogen and oxygen atoms in total. The molecule has 1 aromatic carbocycles. The van der Waals surface area contributed by atoms with Gasteiger partial charge in [0, 0.05) is 32.6 Å². The zero-order valence-electron chi connectivity index (χ0n) is 14.3. The standard InChI is InChI=1S/C18H24N4O.2ClH/c23-17(21-11-7-18(8-12-21)6-9-19-13-18)5-10-22-14-20-15-3-1-2-4-16(15)22;;/h1-4,14,19H,5-13H2;2*1H. The number of para-hydroxylation sites is 2. The number of aromatic nitrogens is 2. The number of nitrogens with zero attached hydrogens (tertiary/aromatic N) is 3. The van der Waals surface area contributed by atoms with E-state index in [1.54, 1.807) is 0 Å². The van der Waals surface area contributed by atoms with Gasteiger partial charge in [-0.1, -0.05) is 12.1 Å². The molecule has 0 atom stereocenters. The Bertz CT molecular complexity index is 702. The van der Waals surface area contributed by atoms with Gasteiger partial charge in [-0.15, -0.1) is 24.8 Å². The summed E-state index contributed by atoms with van der Waals surface area (Å²) >= 11 is 0. The summed E-state index contributed by atoms with van der Waals surface area (Å²) in [6.07, 6.45) is 5.98. The molecule has 0 radical (unpaired) electrons. The van der Waals surface area contributed by atoms with Gasteiger partial charge in [-0.05, 0) is 43.4 Å². The second kappa shape index (κ2) is 8.39. The highest BCUT2D eigenvalue weighted by Crippen LogP contribution is 2.37. The number of aryl methyl sites for hydroxylation is 1. The summed E-state index contributed by atoms with van der Waals surface area (Å²) < 4.78 is 2.08. The molecule has 25 heavy (non-hydrogen) atoms. The van der Waals surface area contributed by atoms with Crippen molar-refractivity contribution < 1.29 is 4.79 Å². The monoisotopic (exact) mass is 384 g/mol. The first-order valence-electron chi connectivity index (χ1n) is 8.64. The number of carbonyl (C=O) groups is 1. The molecule has 0 unspecified atom stereocenters. The molecular weight excluding hydrogens is 359 g/mol. The van der Waals surface area contributed by atoms with Crippen molar-refractivity contribution in [1.29, 1.82) is 0 Å². The first-order valence-corrected chi connectivity index (χ1v) is 8.64. The molecule has 0 bridgehead atoms. The van der Waals surface area contributed by atoms with E-state index in [1.807, 2.05) is 24.5 Å². The van der Waals surface area contributed by atoms with Crippen LogP contribution in [0.4, 0.5) is 0 Å². The summed E-state index contributed by atoms with van der Waals surface area (Å²) in [6.45, 7) is 4.83. The van der Waals surface area contributed by atoms with Crippen molar-refractivity contribution in [2.75, 3.05) is 26.2 Å². The molecule has 2 aliphatic rings. The number of imidazole rings is 1. The lowest BCUT2D eigenvalue weighted by molar-refractivity contribution is -0.133. The molecular formula is C18H26Cl2N4O. The van der Waals surface area contributed by atoms with E-state index in [2.05, 4.69) is 25.8 Å². The third-order valence-corrected chi connectivity index (χ3v) is 5.60. The summed E-state index contributed by atoms with van der Waals surface area (Å²) in [6, 6.07) is 8.08. The maximum absolute atomic E-state index is 12.5. The number of halogens is 2. The van der Waals surface area contributed by atoms with Crippen LogP contribution in [0.5, 0.6) is 0 Å². The van der Waals surface area contributed by atoms with Gasteiger partial charge in [0.05, 0.1) is 17.4 Å². The number of rotatable bonds is 3. The summed E-state index contributed by atoms with van der Waals surface area (Å²) in [5.41, 5.74) is 2.57. The predicted octanol–water partition coefficient (Wildman–Crippen LogP) is 2.87. The zero-order chi connectivity index (χ0) is 15.7. The smallest absolute Gasteiger partial charge is 0.224 e. The SMILES string of the molecule is Cl.Cl.O=C(CCn1cnc2ccccc21)N1CCC2(CCNC2)CC1. The molecule has 0 aliphatic carbocycles. The second-order valence-electron chi connectivity index (χ2n) is 6.98. The van der Waals surface area contributed by atoms with E-state index < -0.39 is 0 Å². The fourth-order valence-electron chi connectivity index (χ4n) is 4.02. The van der Waals surface area contributed by atoms with Gasteiger partial charge in [0.2, 0.25) is 5.91 Å². The normalized spacial score (nSPS) is 18.8. The van der Waals surface area contributed by atoms with Gasteiger partial charge >= 0.3 is 0 Å². The van der Waals surface area contributed by atoms with E-state index in [1.165, 1.54) is 6.42 Å². The van der Waals surface area contributed by atoms with Crippen molar-refractivity contribution in [2.45, 2.75) is 32.2 Å². The quantitative estimate of drug-likeness (QED) is 0.884. The first-order chi connectivity index (χ1) is 11.3. The van der Waals surface area contributed by atoms with E-state index in [9.17, 15) is 4.79 Å². The Labute approximate surface area is 161 Å². The molecule has 2 aromatic rings. The number of carbonyl (C=O) groups excluding carboxylic acids is 1. The molecule has 0 saturated carbocycles. The zero-order valence-corrected chi connectivity index (χ0v) is 16.0. The van der Waals surface area contributed by atoms with Crippen LogP contribution in [0, 0.1) is 5.41 Å². The average Bonchev–Trinajstić information content (AvgIpc) is 3.21. The Morgan fingerprint density at radius 3 is 2.64 bits per heavy atom. The van der Waals surface area contributed by atoms with Crippen LogP contribution in [0.15, 0.2) is 30.6 Å². The van der Waals surface area contributed by atoms with Gasteiger partial charge in [-0.25, -0.2) is 4.98 Å². The number of fused-ring (bicyclic) bond motifs is 1. The Hall–Kier alpha value is -1.30. The van der Waals surface area contributed by atoms with Crippen molar-refractivity contribution in [1.82, 2.24) is 19.8 Å². The minimum absolute atomic E-state index is 0. The van der Waals surface area contributed by atoms with Crippen molar-refractivity contribution in [3.63, 3.8) is 0 Å². The Morgan fingerprint density at radius 2 is 1.92 bits per heavy atom.